The van der Waals surface area contributed by atoms with E-state index in [9.17, 15) is 26.7 Å². The van der Waals surface area contributed by atoms with Crippen LogP contribution >= 0.6 is 0 Å². The van der Waals surface area contributed by atoms with E-state index in [1.54, 1.807) is 0 Å². The molecule has 0 saturated carbocycles. The molecule has 0 unspecified atom stereocenters. The molecule has 0 aromatic carbocycles. The van der Waals surface area contributed by atoms with Gasteiger partial charge in [0.1, 0.15) is 15.9 Å². The molecule has 0 aromatic rings. The van der Waals surface area contributed by atoms with Crippen molar-refractivity contribution in [1.29, 1.82) is 0 Å². The molecule has 1 aliphatic rings. The molecule has 18 heavy (non-hydrogen) atoms. The van der Waals surface area contributed by atoms with Crippen LogP contribution in [0.2, 0.25) is 0 Å². The smallest absolute Gasteiger partial charge is 0.322 e. The summed E-state index contributed by atoms with van der Waals surface area (Å²) in [5, 5.41) is 18.2. The Labute approximate surface area is 105 Å². The summed E-state index contributed by atoms with van der Waals surface area (Å²) in [4.78, 5) is 10.9. The van der Waals surface area contributed by atoms with Crippen LogP contribution in [0.4, 0.5) is 0 Å². The zero-order chi connectivity index (χ0) is 14.1. The summed E-state index contributed by atoms with van der Waals surface area (Å²) in [6.45, 7) is -0.316. The molecule has 10 heteroatoms. The van der Waals surface area contributed by atoms with Crippen LogP contribution in [0, 0.1) is 0 Å². The Balaban J connectivity index is 2.87. The first-order valence-electron chi connectivity index (χ1n) is 5.11. The molecule has 0 amide bonds. The fourth-order valence-electron chi connectivity index (χ4n) is 1.69. The van der Waals surface area contributed by atoms with Crippen LogP contribution < -0.4 is 0 Å². The zero-order valence-electron chi connectivity index (χ0n) is 9.68. The number of rotatable bonds is 5. The Morgan fingerprint density at radius 2 is 1.83 bits per heavy atom. The molecule has 1 aliphatic heterocycles. The number of carboxylic acid groups (broad SMARTS) is 1. The average molecular weight is 301 g/mol. The predicted octanol–water partition coefficient (Wildman–Crippen LogP) is -2.12. The molecule has 0 bridgehead atoms. The number of β-amino-alcohol motifs (C(OH)–C–C–N with tert-alkyl or cyclic N) is 1. The van der Waals surface area contributed by atoms with Crippen molar-refractivity contribution in [3.63, 3.8) is 0 Å². The minimum absolute atomic E-state index is 0.187. The quantitative estimate of drug-likeness (QED) is 0.594. The number of aliphatic carboxylic acids is 1. The van der Waals surface area contributed by atoms with E-state index >= 15 is 0 Å². The molecule has 2 atom stereocenters. The van der Waals surface area contributed by atoms with Gasteiger partial charge in [-0.05, 0) is 0 Å². The molecule has 1 rings (SSSR count). The summed E-state index contributed by atoms with van der Waals surface area (Å²) in [5.74, 6) is -2.61. The standard InChI is InChI=1S/C8H15NO7S2/c1-17(13,14)2-3-18(15,16)9-5-6(10)4-7(9)8(11)12/h6-7,10H,2-5H2,1H3,(H,11,12)/t6-,7-/m0/s1. The minimum atomic E-state index is -4.01. The average Bonchev–Trinajstić information content (AvgIpc) is 2.57. The van der Waals surface area contributed by atoms with Crippen molar-refractivity contribution in [2.24, 2.45) is 0 Å². The lowest BCUT2D eigenvalue weighted by Crippen LogP contribution is -2.42. The Bertz CT molecular complexity index is 524. The van der Waals surface area contributed by atoms with Crippen molar-refractivity contribution >= 4 is 25.8 Å². The summed E-state index contributed by atoms with van der Waals surface area (Å²) in [7, 11) is -7.46. The molecule has 1 heterocycles. The first kappa shape index (κ1) is 15.3. The fourth-order valence-corrected chi connectivity index (χ4v) is 4.94. The van der Waals surface area contributed by atoms with Gasteiger partial charge in [-0.25, -0.2) is 16.8 Å². The lowest BCUT2D eigenvalue weighted by Gasteiger charge is -2.20. The number of carboxylic acids is 1. The van der Waals surface area contributed by atoms with E-state index in [1.807, 2.05) is 0 Å². The molecular formula is C8H15NO7S2. The SMILES string of the molecule is CS(=O)(=O)CCS(=O)(=O)N1C[C@@H](O)C[C@H]1C(=O)O. The molecule has 0 radical (unpaired) electrons. The van der Waals surface area contributed by atoms with E-state index in [0.29, 0.717) is 4.31 Å². The third-order valence-electron chi connectivity index (χ3n) is 2.59. The highest BCUT2D eigenvalue weighted by Crippen LogP contribution is 2.22. The van der Waals surface area contributed by atoms with Crippen LogP contribution in [0.1, 0.15) is 6.42 Å². The van der Waals surface area contributed by atoms with Gasteiger partial charge in [0.25, 0.3) is 0 Å². The van der Waals surface area contributed by atoms with Crippen molar-refractivity contribution in [2.75, 3.05) is 24.3 Å². The van der Waals surface area contributed by atoms with Crippen molar-refractivity contribution in [3.8, 4) is 0 Å². The number of hydrogen-bond donors (Lipinski definition) is 2. The maximum atomic E-state index is 11.8. The molecule has 1 fully saturated rings. The Hall–Kier alpha value is -0.710. The largest absolute Gasteiger partial charge is 0.480 e. The lowest BCUT2D eigenvalue weighted by molar-refractivity contribution is -0.140. The van der Waals surface area contributed by atoms with E-state index in [1.165, 1.54) is 0 Å². The van der Waals surface area contributed by atoms with E-state index < -0.39 is 49.5 Å². The maximum Gasteiger partial charge on any atom is 0.322 e. The summed E-state index contributed by atoms with van der Waals surface area (Å²) in [5.41, 5.74) is 0. The lowest BCUT2D eigenvalue weighted by atomic mass is 10.2. The van der Waals surface area contributed by atoms with Crippen LogP contribution in [-0.2, 0) is 24.7 Å². The molecule has 8 nitrogen and oxygen atoms in total. The van der Waals surface area contributed by atoms with Gasteiger partial charge in [-0.1, -0.05) is 0 Å². The van der Waals surface area contributed by atoms with Crippen molar-refractivity contribution in [3.05, 3.63) is 0 Å². The van der Waals surface area contributed by atoms with E-state index in [0.717, 1.165) is 6.26 Å². The van der Waals surface area contributed by atoms with Crippen LogP contribution in [-0.4, -0.2) is 73.8 Å². The van der Waals surface area contributed by atoms with Crippen molar-refractivity contribution in [1.82, 2.24) is 4.31 Å². The highest BCUT2D eigenvalue weighted by molar-refractivity contribution is 7.93. The van der Waals surface area contributed by atoms with Crippen molar-refractivity contribution < 1.29 is 31.8 Å². The van der Waals surface area contributed by atoms with Crippen LogP contribution in [0.15, 0.2) is 0 Å². The fraction of sp³-hybridized carbons (Fsp3) is 0.875. The summed E-state index contributed by atoms with van der Waals surface area (Å²) in [6.07, 6.45) is -0.331. The molecule has 2 N–H and O–H groups in total. The van der Waals surface area contributed by atoms with Gasteiger partial charge in [0.15, 0.2) is 0 Å². The summed E-state index contributed by atoms with van der Waals surface area (Å²) >= 11 is 0. The first-order chi connectivity index (χ1) is 8.03. The van der Waals surface area contributed by atoms with Crippen LogP contribution in [0.3, 0.4) is 0 Å². The van der Waals surface area contributed by atoms with Crippen molar-refractivity contribution in [2.45, 2.75) is 18.6 Å². The van der Waals surface area contributed by atoms with E-state index in [-0.39, 0.29) is 13.0 Å². The molecule has 1 saturated heterocycles. The Morgan fingerprint density at radius 1 is 1.28 bits per heavy atom. The van der Waals surface area contributed by atoms with Crippen LogP contribution in [0.25, 0.3) is 0 Å². The van der Waals surface area contributed by atoms with Gasteiger partial charge in [-0.3, -0.25) is 4.79 Å². The maximum absolute atomic E-state index is 11.8. The van der Waals surface area contributed by atoms with Gasteiger partial charge in [0.05, 0.1) is 17.6 Å². The van der Waals surface area contributed by atoms with Gasteiger partial charge >= 0.3 is 5.97 Å². The monoisotopic (exact) mass is 301 g/mol. The topological polar surface area (TPSA) is 129 Å². The zero-order valence-corrected chi connectivity index (χ0v) is 11.3. The molecule has 0 spiro atoms. The van der Waals surface area contributed by atoms with E-state index in [2.05, 4.69) is 0 Å². The Kier molecular flexibility index (Phi) is 4.36. The van der Waals surface area contributed by atoms with Gasteiger partial charge in [0, 0.05) is 19.2 Å². The highest BCUT2D eigenvalue weighted by atomic mass is 32.2. The normalized spacial score (nSPS) is 26.3. The molecular weight excluding hydrogens is 286 g/mol. The summed E-state index contributed by atoms with van der Waals surface area (Å²) in [6, 6.07) is -1.33. The number of carbonyl (C=O) groups is 1. The number of aliphatic hydroxyl groups excluding tert-OH is 1. The molecule has 0 aliphatic carbocycles. The van der Waals surface area contributed by atoms with E-state index in [4.69, 9.17) is 5.11 Å². The number of nitrogens with zero attached hydrogens (tertiary/aromatic N) is 1. The number of aliphatic hydroxyl groups is 1. The summed E-state index contributed by atoms with van der Waals surface area (Å²) < 4.78 is 46.2. The number of sulfonamides is 1. The number of sulfone groups is 1. The second-order valence-electron chi connectivity index (χ2n) is 4.26. The van der Waals surface area contributed by atoms with Gasteiger partial charge in [-0.15, -0.1) is 0 Å². The van der Waals surface area contributed by atoms with Gasteiger partial charge in [-0.2, -0.15) is 4.31 Å². The highest BCUT2D eigenvalue weighted by Gasteiger charge is 2.42. The third kappa shape index (κ3) is 3.90. The third-order valence-corrected chi connectivity index (χ3v) is 5.63. The minimum Gasteiger partial charge on any atom is -0.480 e. The van der Waals surface area contributed by atoms with Gasteiger partial charge in [0.2, 0.25) is 10.0 Å². The molecule has 106 valence electrons. The second-order valence-corrected chi connectivity index (χ2v) is 8.56. The predicted molar refractivity (Wildman–Crippen MR) is 62.3 cm³/mol. The second kappa shape index (κ2) is 5.11. The molecule has 0 aromatic heterocycles. The van der Waals surface area contributed by atoms with Gasteiger partial charge < -0.3 is 10.2 Å². The Morgan fingerprint density at radius 3 is 2.28 bits per heavy atom. The van der Waals surface area contributed by atoms with Crippen LogP contribution in [0.5, 0.6) is 0 Å². The number of hydrogen-bond acceptors (Lipinski definition) is 6. The first-order valence-corrected chi connectivity index (χ1v) is 8.78.